The highest BCUT2D eigenvalue weighted by Gasteiger charge is 2.10. The maximum Gasteiger partial charge on any atom is 0.122 e. The first-order valence-electron chi connectivity index (χ1n) is 4.61. The van der Waals surface area contributed by atoms with E-state index in [4.69, 9.17) is 4.74 Å². The lowest BCUT2D eigenvalue weighted by atomic mass is 10.1. The van der Waals surface area contributed by atoms with Crippen LogP contribution in [0.1, 0.15) is 5.56 Å². The molecule has 0 radical (unpaired) electrons. The van der Waals surface area contributed by atoms with E-state index < -0.39 is 6.23 Å². The summed E-state index contributed by atoms with van der Waals surface area (Å²) in [5, 5.41) is 9.67. The molecule has 78 valence electrons. The number of aliphatic hydroxyl groups excluding tert-OH is 1. The number of para-hydroxylation sites is 1. The molecule has 0 saturated heterocycles. The van der Waals surface area contributed by atoms with Crippen molar-refractivity contribution in [3.8, 4) is 5.75 Å². The Balaban J connectivity index is 2.75. The average Bonchev–Trinajstić information content (AvgIpc) is 2.18. The third kappa shape index (κ3) is 2.72. The summed E-state index contributed by atoms with van der Waals surface area (Å²) in [7, 11) is 5.33. The number of hydrogen-bond acceptors (Lipinski definition) is 3. The van der Waals surface area contributed by atoms with Crippen LogP contribution >= 0.6 is 0 Å². The second kappa shape index (κ2) is 4.98. The Morgan fingerprint density at radius 1 is 1.36 bits per heavy atom. The normalized spacial score (nSPS) is 12.9. The zero-order valence-electron chi connectivity index (χ0n) is 8.90. The summed E-state index contributed by atoms with van der Waals surface area (Å²) < 4.78 is 5.20. The first-order valence-corrected chi connectivity index (χ1v) is 4.61. The highest BCUT2D eigenvalue weighted by molar-refractivity contribution is 5.33. The van der Waals surface area contributed by atoms with Crippen LogP contribution in [0.25, 0.3) is 0 Å². The number of aliphatic hydroxyl groups is 1. The van der Waals surface area contributed by atoms with Gasteiger partial charge in [-0.15, -0.1) is 0 Å². The molecule has 0 aliphatic carbocycles. The Labute approximate surface area is 84.9 Å². The van der Waals surface area contributed by atoms with Crippen molar-refractivity contribution in [3.63, 3.8) is 0 Å². The SMILES string of the molecule is COc1ccccc1CC(O)N(C)C. The molecule has 0 bridgehead atoms. The van der Waals surface area contributed by atoms with E-state index in [0.29, 0.717) is 6.42 Å². The fraction of sp³-hybridized carbons (Fsp3) is 0.455. The molecule has 0 amide bonds. The average molecular weight is 195 g/mol. The van der Waals surface area contributed by atoms with Gasteiger partial charge in [-0.3, -0.25) is 4.90 Å². The van der Waals surface area contributed by atoms with E-state index in [1.807, 2.05) is 38.4 Å². The van der Waals surface area contributed by atoms with Crippen LogP contribution in [-0.2, 0) is 6.42 Å². The molecule has 3 heteroatoms. The minimum absolute atomic E-state index is 0.466. The van der Waals surface area contributed by atoms with Gasteiger partial charge in [-0.05, 0) is 25.7 Å². The number of methoxy groups -OCH3 is 1. The molecule has 0 aliphatic heterocycles. The van der Waals surface area contributed by atoms with Crippen molar-refractivity contribution in [2.45, 2.75) is 12.6 Å². The van der Waals surface area contributed by atoms with Crippen molar-refractivity contribution in [3.05, 3.63) is 29.8 Å². The predicted octanol–water partition coefficient (Wildman–Crippen LogP) is 1.12. The van der Waals surface area contributed by atoms with Crippen LogP contribution in [0.3, 0.4) is 0 Å². The van der Waals surface area contributed by atoms with Gasteiger partial charge in [0.1, 0.15) is 12.0 Å². The molecule has 1 rings (SSSR count). The second-order valence-corrected chi connectivity index (χ2v) is 3.46. The van der Waals surface area contributed by atoms with Crippen LogP contribution in [-0.4, -0.2) is 37.4 Å². The van der Waals surface area contributed by atoms with E-state index in [2.05, 4.69) is 0 Å². The van der Waals surface area contributed by atoms with Gasteiger partial charge < -0.3 is 9.84 Å². The molecule has 1 N–H and O–H groups in total. The minimum Gasteiger partial charge on any atom is -0.496 e. The monoisotopic (exact) mass is 195 g/mol. The zero-order valence-corrected chi connectivity index (χ0v) is 8.90. The molecule has 0 aliphatic rings. The molecular formula is C11H17NO2. The smallest absolute Gasteiger partial charge is 0.122 e. The predicted molar refractivity (Wildman–Crippen MR) is 56.4 cm³/mol. The number of rotatable bonds is 4. The van der Waals surface area contributed by atoms with Gasteiger partial charge in [-0.25, -0.2) is 0 Å². The molecule has 1 unspecified atom stereocenters. The largest absolute Gasteiger partial charge is 0.496 e. The van der Waals surface area contributed by atoms with Crippen LogP contribution < -0.4 is 4.74 Å². The number of benzene rings is 1. The van der Waals surface area contributed by atoms with Crippen molar-refractivity contribution >= 4 is 0 Å². The van der Waals surface area contributed by atoms with Gasteiger partial charge in [0.2, 0.25) is 0 Å². The topological polar surface area (TPSA) is 32.7 Å². The van der Waals surface area contributed by atoms with Crippen LogP contribution in [0.4, 0.5) is 0 Å². The summed E-state index contributed by atoms with van der Waals surface area (Å²) in [4.78, 5) is 1.77. The van der Waals surface area contributed by atoms with E-state index in [-0.39, 0.29) is 0 Å². The highest BCUT2D eigenvalue weighted by Crippen LogP contribution is 2.19. The molecule has 3 nitrogen and oxygen atoms in total. The van der Waals surface area contributed by atoms with E-state index >= 15 is 0 Å². The lowest BCUT2D eigenvalue weighted by molar-refractivity contribution is 0.0408. The first-order chi connectivity index (χ1) is 6.65. The number of ether oxygens (including phenoxy) is 1. The molecule has 0 saturated carbocycles. The number of likely N-dealkylation sites (N-methyl/N-ethyl adjacent to an activating group) is 1. The van der Waals surface area contributed by atoms with E-state index in [9.17, 15) is 5.11 Å². The fourth-order valence-corrected chi connectivity index (χ4v) is 1.25. The number of nitrogens with zero attached hydrogens (tertiary/aromatic N) is 1. The maximum absolute atomic E-state index is 9.67. The Morgan fingerprint density at radius 2 is 2.00 bits per heavy atom. The van der Waals surface area contributed by atoms with Gasteiger partial charge in [0, 0.05) is 6.42 Å². The summed E-state index contributed by atoms with van der Waals surface area (Å²) >= 11 is 0. The molecule has 1 atom stereocenters. The molecule has 1 aromatic carbocycles. The highest BCUT2D eigenvalue weighted by atomic mass is 16.5. The van der Waals surface area contributed by atoms with Gasteiger partial charge in [0.15, 0.2) is 0 Å². The quantitative estimate of drug-likeness (QED) is 0.731. The van der Waals surface area contributed by atoms with Crippen molar-refractivity contribution in [1.82, 2.24) is 4.90 Å². The van der Waals surface area contributed by atoms with Crippen LogP contribution in [0, 0.1) is 0 Å². The second-order valence-electron chi connectivity index (χ2n) is 3.46. The summed E-state index contributed by atoms with van der Waals surface area (Å²) in [6.07, 6.45) is 0.114. The molecule has 0 heterocycles. The zero-order chi connectivity index (χ0) is 10.6. The lowest BCUT2D eigenvalue weighted by Gasteiger charge is -2.19. The molecule has 1 aromatic rings. The van der Waals surface area contributed by atoms with E-state index in [0.717, 1.165) is 11.3 Å². The standard InChI is InChI=1S/C11H17NO2/c1-12(2)11(13)8-9-6-4-5-7-10(9)14-3/h4-7,11,13H,8H2,1-3H3. The van der Waals surface area contributed by atoms with E-state index in [1.54, 1.807) is 12.0 Å². The van der Waals surface area contributed by atoms with Crippen LogP contribution in [0.15, 0.2) is 24.3 Å². The minimum atomic E-state index is -0.466. The van der Waals surface area contributed by atoms with Gasteiger partial charge in [-0.1, -0.05) is 18.2 Å². The van der Waals surface area contributed by atoms with Gasteiger partial charge in [-0.2, -0.15) is 0 Å². The summed E-state index contributed by atoms with van der Waals surface area (Å²) in [5.41, 5.74) is 1.02. The van der Waals surface area contributed by atoms with Crippen molar-refractivity contribution < 1.29 is 9.84 Å². The van der Waals surface area contributed by atoms with Gasteiger partial charge in [0.25, 0.3) is 0 Å². The third-order valence-corrected chi connectivity index (χ3v) is 2.19. The summed E-state index contributed by atoms with van der Waals surface area (Å²) in [6.45, 7) is 0. The third-order valence-electron chi connectivity index (χ3n) is 2.19. The van der Waals surface area contributed by atoms with Crippen molar-refractivity contribution in [1.29, 1.82) is 0 Å². The Bertz CT molecular complexity index is 286. The Morgan fingerprint density at radius 3 is 2.57 bits per heavy atom. The molecule has 14 heavy (non-hydrogen) atoms. The van der Waals surface area contributed by atoms with Crippen molar-refractivity contribution in [2.24, 2.45) is 0 Å². The van der Waals surface area contributed by atoms with Crippen LogP contribution in [0.5, 0.6) is 5.75 Å². The molecule has 0 fully saturated rings. The van der Waals surface area contributed by atoms with E-state index in [1.165, 1.54) is 0 Å². The molecule has 0 spiro atoms. The van der Waals surface area contributed by atoms with Crippen LogP contribution in [0.2, 0.25) is 0 Å². The lowest BCUT2D eigenvalue weighted by Crippen LogP contribution is -2.29. The summed E-state index contributed by atoms with van der Waals surface area (Å²) in [6, 6.07) is 7.73. The van der Waals surface area contributed by atoms with Crippen molar-refractivity contribution in [2.75, 3.05) is 21.2 Å². The van der Waals surface area contributed by atoms with Gasteiger partial charge in [0.05, 0.1) is 7.11 Å². The number of hydrogen-bond donors (Lipinski definition) is 1. The Kier molecular flexibility index (Phi) is 3.92. The van der Waals surface area contributed by atoms with Gasteiger partial charge >= 0.3 is 0 Å². The maximum atomic E-state index is 9.67. The summed E-state index contributed by atoms with van der Waals surface area (Å²) in [5.74, 6) is 0.827. The first kappa shape index (κ1) is 11.0. The fourth-order valence-electron chi connectivity index (χ4n) is 1.25. The molecule has 0 aromatic heterocycles. The molecular weight excluding hydrogens is 178 g/mol. The Hall–Kier alpha value is -1.06.